The predicted octanol–water partition coefficient (Wildman–Crippen LogP) is 4.05. The molecule has 1 fully saturated rings. The minimum atomic E-state index is -0.624. The van der Waals surface area contributed by atoms with Crippen LogP contribution in [-0.2, 0) is 26.0 Å². The first kappa shape index (κ1) is 24.5. The lowest BCUT2D eigenvalue weighted by molar-refractivity contribution is 0.0841. The van der Waals surface area contributed by atoms with Crippen molar-refractivity contribution in [2.45, 2.75) is 58.3 Å². The number of hydrogen-bond donors (Lipinski definition) is 2. The maximum atomic E-state index is 12.6. The van der Waals surface area contributed by atoms with Gasteiger partial charge in [-0.15, -0.1) is 0 Å². The number of carbonyl (C=O) groups is 1. The van der Waals surface area contributed by atoms with Crippen LogP contribution in [-0.4, -0.2) is 46.6 Å². The minimum Gasteiger partial charge on any atom is -0.486 e. The molecular weight excluding hydrogens is 454 g/mol. The topological polar surface area (TPSA) is 87.8 Å². The largest absolute Gasteiger partial charge is 0.486 e. The second-order valence-corrected chi connectivity index (χ2v) is 10.1. The van der Waals surface area contributed by atoms with Crippen LogP contribution in [0.3, 0.4) is 0 Å². The molecule has 3 aromatic rings. The average molecular weight is 490 g/mol. The molecule has 1 atom stereocenters. The molecule has 1 aliphatic heterocycles. The van der Waals surface area contributed by atoms with Crippen molar-refractivity contribution < 1.29 is 19.1 Å². The van der Waals surface area contributed by atoms with Gasteiger partial charge in [-0.25, -0.2) is 4.98 Å². The number of carbonyl (C=O) groups excluding carboxylic acids is 1. The summed E-state index contributed by atoms with van der Waals surface area (Å²) in [5.74, 6) is 2.20. The summed E-state index contributed by atoms with van der Waals surface area (Å²) in [6, 6.07) is 14.1. The number of hydrogen-bond acceptors (Lipinski definition) is 6. The van der Waals surface area contributed by atoms with Gasteiger partial charge in [0.1, 0.15) is 12.4 Å². The molecule has 2 heterocycles. The zero-order chi connectivity index (χ0) is 24.9. The van der Waals surface area contributed by atoms with E-state index in [1.807, 2.05) is 31.2 Å². The number of nitrogens with zero attached hydrogens (tertiary/aromatic N) is 2. The van der Waals surface area contributed by atoms with Crippen LogP contribution < -0.4 is 10.1 Å². The van der Waals surface area contributed by atoms with Gasteiger partial charge in [0, 0.05) is 31.7 Å². The maximum absolute atomic E-state index is 12.6. The molecule has 0 unspecified atom stereocenters. The van der Waals surface area contributed by atoms with Crippen LogP contribution in [0.4, 0.5) is 0 Å². The summed E-state index contributed by atoms with van der Waals surface area (Å²) in [5.41, 5.74) is 5.24. The van der Waals surface area contributed by atoms with Crippen molar-refractivity contribution in [1.82, 2.24) is 15.2 Å². The summed E-state index contributed by atoms with van der Waals surface area (Å²) in [6.45, 7) is 4.64. The van der Waals surface area contributed by atoms with Gasteiger partial charge in [-0.3, -0.25) is 9.69 Å². The van der Waals surface area contributed by atoms with Crippen molar-refractivity contribution in [3.63, 3.8) is 0 Å². The number of amides is 1. The van der Waals surface area contributed by atoms with E-state index >= 15 is 0 Å². The summed E-state index contributed by atoms with van der Waals surface area (Å²) in [5, 5.41) is 13.5. The highest BCUT2D eigenvalue weighted by molar-refractivity contribution is 5.94. The molecule has 1 aromatic heterocycles. The minimum absolute atomic E-state index is 0.124. The molecule has 0 bridgehead atoms. The average Bonchev–Trinajstić information content (AvgIpc) is 3.28. The number of fused-ring (bicyclic) bond motifs is 1. The number of aliphatic hydroxyl groups is 1. The van der Waals surface area contributed by atoms with Crippen molar-refractivity contribution in [3.05, 3.63) is 82.6 Å². The fourth-order valence-electron chi connectivity index (χ4n) is 4.99. The summed E-state index contributed by atoms with van der Waals surface area (Å²) in [4.78, 5) is 19.0. The van der Waals surface area contributed by atoms with E-state index < -0.39 is 6.10 Å². The first-order valence-electron chi connectivity index (χ1n) is 12.9. The molecule has 1 amide bonds. The Hall–Kier alpha value is -3.16. The number of β-amino-alcohol motifs (C(OH)–C–C–N with tert-alkyl or cyclic N) is 1. The van der Waals surface area contributed by atoms with Crippen LogP contribution >= 0.6 is 0 Å². The zero-order valence-electron chi connectivity index (χ0n) is 20.9. The fraction of sp³-hybridized carbons (Fsp3) is 0.448. The molecule has 2 aliphatic rings. The molecule has 5 rings (SSSR count). The van der Waals surface area contributed by atoms with E-state index in [1.165, 1.54) is 42.3 Å². The second kappa shape index (κ2) is 11.3. The predicted molar refractivity (Wildman–Crippen MR) is 137 cm³/mol. The highest BCUT2D eigenvalue weighted by Crippen LogP contribution is 2.30. The molecule has 0 saturated heterocycles. The summed E-state index contributed by atoms with van der Waals surface area (Å²) in [7, 11) is 0. The van der Waals surface area contributed by atoms with E-state index in [0.29, 0.717) is 18.7 Å². The molecule has 2 N–H and O–H groups in total. The Morgan fingerprint density at radius 2 is 2.14 bits per heavy atom. The van der Waals surface area contributed by atoms with Crippen molar-refractivity contribution in [2.24, 2.45) is 5.92 Å². The number of nitrogens with one attached hydrogen (secondary N) is 1. The molecule has 2 aromatic carbocycles. The molecule has 190 valence electrons. The number of ether oxygens (including phenoxy) is 1. The van der Waals surface area contributed by atoms with E-state index in [9.17, 15) is 9.90 Å². The van der Waals surface area contributed by atoms with Crippen LogP contribution in [0.5, 0.6) is 5.75 Å². The first-order valence-corrected chi connectivity index (χ1v) is 12.9. The van der Waals surface area contributed by atoms with Crippen LogP contribution in [0, 0.1) is 12.8 Å². The number of rotatable bonds is 10. The summed E-state index contributed by atoms with van der Waals surface area (Å²) >= 11 is 0. The lowest BCUT2D eigenvalue weighted by Gasteiger charge is -2.30. The van der Waals surface area contributed by atoms with Crippen LogP contribution in [0.1, 0.15) is 57.8 Å². The fourth-order valence-corrected chi connectivity index (χ4v) is 4.99. The Kier molecular flexibility index (Phi) is 7.68. The van der Waals surface area contributed by atoms with Crippen molar-refractivity contribution in [1.29, 1.82) is 0 Å². The Labute approximate surface area is 212 Å². The monoisotopic (exact) mass is 489 g/mol. The van der Waals surface area contributed by atoms with Gasteiger partial charge < -0.3 is 19.6 Å². The normalized spacial score (nSPS) is 16.7. The van der Waals surface area contributed by atoms with Gasteiger partial charge in [-0.2, -0.15) is 0 Å². The van der Waals surface area contributed by atoms with Crippen LogP contribution in [0.15, 0.2) is 53.3 Å². The standard InChI is InChI=1S/C29H35N3O4/c1-20-28(36-19-31-20)18-35-27-9-8-25-16-32(11-10-23(25)14-27)17-26(33)15-30-29(34)24-7-3-6-22(13-24)12-21-4-2-5-21/h3,6-9,13-14,19,21,26,33H,2,4-5,10-12,15-18H2,1H3,(H,30,34)/t26-/m0/s1. The second-order valence-electron chi connectivity index (χ2n) is 10.1. The number of aryl methyl sites for hydroxylation is 1. The molecular formula is C29H35N3O4. The Morgan fingerprint density at radius 3 is 2.92 bits per heavy atom. The van der Waals surface area contributed by atoms with Gasteiger partial charge >= 0.3 is 0 Å². The molecule has 36 heavy (non-hydrogen) atoms. The molecule has 0 radical (unpaired) electrons. The Balaban J connectivity index is 1.07. The van der Waals surface area contributed by atoms with Gasteiger partial charge in [0.05, 0.1) is 11.8 Å². The number of oxazole rings is 1. The van der Waals surface area contributed by atoms with Gasteiger partial charge in [0.25, 0.3) is 5.91 Å². The highest BCUT2D eigenvalue weighted by Gasteiger charge is 2.21. The van der Waals surface area contributed by atoms with Crippen molar-refractivity contribution >= 4 is 5.91 Å². The van der Waals surface area contributed by atoms with E-state index in [2.05, 4.69) is 33.4 Å². The first-order chi connectivity index (χ1) is 17.5. The lowest BCUT2D eigenvalue weighted by Crippen LogP contribution is -2.42. The van der Waals surface area contributed by atoms with E-state index in [0.717, 1.165) is 49.1 Å². The highest BCUT2D eigenvalue weighted by atomic mass is 16.5. The number of aliphatic hydroxyl groups excluding tert-OH is 1. The smallest absolute Gasteiger partial charge is 0.251 e. The summed E-state index contributed by atoms with van der Waals surface area (Å²) in [6.07, 6.45) is 6.66. The van der Waals surface area contributed by atoms with Gasteiger partial charge in [-0.1, -0.05) is 37.5 Å². The van der Waals surface area contributed by atoms with Crippen molar-refractivity contribution in [2.75, 3.05) is 19.6 Å². The summed E-state index contributed by atoms with van der Waals surface area (Å²) < 4.78 is 11.2. The van der Waals surface area contributed by atoms with E-state index in [1.54, 1.807) is 0 Å². The Morgan fingerprint density at radius 1 is 1.25 bits per heavy atom. The van der Waals surface area contributed by atoms with Gasteiger partial charge in [-0.05, 0) is 66.6 Å². The van der Waals surface area contributed by atoms with Gasteiger partial charge in [0.2, 0.25) is 0 Å². The SMILES string of the molecule is Cc1ncoc1COc1ccc2c(c1)CCN(C[C@@H](O)CNC(=O)c1cccc(CC3CCC3)c1)C2. The molecule has 1 saturated carbocycles. The third-order valence-electron chi connectivity index (χ3n) is 7.39. The molecule has 1 aliphatic carbocycles. The van der Waals surface area contributed by atoms with Crippen LogP contribution in [0.25, 0.3) is 0 Å². The zero-order valence-corrected chi connectivity index (χ0v) is 20.9. The van der Waals surface area contributed by atoms with E-state index in [-0.39, 0.29) is 12.5 Å². The Bertz CT molecular complexity index is 1190. The van der Waals surface area contributed by atoms with Gasteiger partial charge in [0.15, 0.2) is 12.2 Å². The van der Waals surface area contributed by atoms with Crippen LogP contribution in [0.2, 0.25) is 0 Å². The van der Waals surface area contributed by atoms with Crippen molar-refractivity contribution in [3.8, 4) is 5.75 Å². The maximum Gasteiger partial charge on any atom is 0.251 e. The lowest BCUT2D eigenvalue weighted by atomic mass is 9.81. The third kappa shape index (κ3) is 6.15. The molecule has 0 spiro atoms. The molecule has 7 nitrogen and oxygen atoms in total. The quantitative estimate of drug-likeness (QED) is 0.447. The molecule has 7 heteroatoms. The third-order valence-corrected chi connectivity index (χ3v) is 7.39. The van der Waals surface area contributed by atoms with E-state index in [4.69, 9.17) is 9.15 Å². The number of benzene rings is 2. The number of aromatic nitrogens is 1.